The molecule has 1 aromatic heterocycles. The van der Waals surface area contributed by atoms with Gasteiger partial charge in [-0.1, -0.05) is 12.1 Å². The summed E-state index contributed by atoms with van der Waals surface area (Å²) in [6, 6.07) is 7.15. The molecule has 1 aromatic carbocycles. The summed E-state index contributed by atoms with van der Waals surface area (Å²) in [5.41, 5.74) is 1.58. The van der Waals surface area contributed by atoms with Gasteiger partial charge in [0.1, 0.15) is 19.0 Å². The van der Waals surface area contributed by atoms with Crippen LogP contribution in [-0.2, 0) is 25.6 Å². The maximum atomic E-state index is 12.1. The first-order valence-corrected chi connectivity index (χ1v) is 7.85. The van der Waals surface area contributed by atoms with Gasteiger partial charge in [0.05, 0.1) is 23.2 Å². The number of carbonyl (C=O) groups excluding carboxylic acids is 2. The quantitative estimate of drug-likeness (QED) is 0.782. The van der Waals surface area contributed by atoms with E-state index in [1.807, 2.05) is 31.2 Å². The van der Waals surface area contributed by atoms with Gasteiger partial charge in [0.25, 0.3) is 0 Å². The van der Waals surface area contributed by atoms with Gasteiger partial charge in [-0.15, -0.1) is 0 Å². The van der Waals surface area contributed by atoms with Gasteiger partial charge >= 0.3 is 5.97 Å². The Balaban J connectivity index is 2.32. The highest BCUT2D eigenvalue weighted by molar-refractivity contribution is 5.80. The molecule has 7 nitrogen and oxygen atoms in total. The number of hydrogen-bond acceptors (Lipinski definition) is 5. The second-order valence-corrected chi connectivity index (χ2v) is 5.81. The Morgan fingerprint density at radius 1 is 1.25 bits per heavy atom. The number of benzene rings is 1. The molecule has 1 amide bonds. The van der Waals surface area contributed by atoms with E-state index in [0.717, 1.165) is 11.0 Å². The van der Waals surface area contributed by atoms with E-state index in [1.165, 1.54) is 7.11 Å². The number of imidazole rings is 1. The van der Waals surface area contributed by atoms with Gasteiger partial charge in [0.2, 0.25) is 5.91 Å². The average molecular weight is 333 g/mol. The van der Waals surface area contributed by atoms with Crippen LogP contribution in [0.3, 0.4) is 0 Å². The lowest BCUT2D eigenvalue weighted by atomic mass is 10.3. The fourth-order valence-corrected chi connectivity index (χ4v) is 2.50. The fourth-order valence-electron chi connectivity index (χ4n) is 2.50. The Kier molecular flexibility index (Phi) is 5.92. The molecule has 0 bridgehead atoms. The molecule has 2 aromatic rings. The van der Waals surface area contributed by atoms with Crippen LogP contribution in [0.1, 0.15) is 32.6 Å². The molecule has 0 spiro atoms. The van der Waals surface area contributed by atoms with Crippen LogP contribution in [-0.4, -0.2) is 41.2 Å². The Labute approximate surface area is 141 Å². The monoisotopic (exact) mass is 333 g/mol. The Morgan fingerprint density at radius 2 is 1.96 bits per heavy atom. The number of fused-ring (bicyclic) bond motifs is 1. The molecular weight excluding hydrogens is 310 g/mol. The van der Waals surface area contributed by atoms with E-state index < -0.39 is 0 Å². The SMILES string of the molecule is COCC(=O)NC(C)c1nc2ccccc2n1CC(=O)OC(C)C. The number of aromatic nitrogens is 2. The highest BCUT2D eigenvalue weighted by Gasteiger charge is 2.20. The zero-order valence-corrected chi connectivity index (χ0v) is 14.4. The minimum Gasteiger partial charge on any atom is -0.462 e. The van der Waals surface area contributed by atoms with Crippen molar-refractivity contribution in [2.24, 2.45) is 0 Å². The molecule has 1 heterocycles. The summed E-state index contributed by atoms with van der Waals surface area (Å²) in [6.45, 7) is 5.44. The van der Waals surface area contributed by atoms with Crippen molar-refractivity contribution in [3.05, 3.63) is 30.1 Å². The van der Waals surface area contributed by atoms with Crippen molar-refractivity contribution in [2.75, 3.05) is 13.7 Å². The average Bonchev–Trinajstić information content (AvgIpc) is 2.85. The molecule has 1 unspecified atom stereocenters. The minimum atomic E-state index is -0.369. The van der Waals surface area contributed by atoms with Gasteiger partial charge in [-0.3, -0.25) is 9.59 Å². The Bertz CT molecular complexity index is 724. The molecule has 0 radical (unpaired) electrons. The van der Waals surface area contributed by atoms with E-state index in [9.17, 15) is 9.59 Å². The van der Waals surface area contributed by atoms with Gasteiger partial charge in [-0.25, -0.2) is 4.98 Å². The number of nitrogens with one attached hydrogen (secondary N) is 1. The maximum Gasteiger partial charge on any atom is 0.326 e. The van der Waals surface area contributed by atoms with Crippen LogP contribution in [0.2, 0.25) is 0 Å². The van der Waals surface area contributed by atoms with Crippen molar-refractivity contribution in [2.45, 2.75) is 39.5 Å². The van der Waals surface area contributed by atoms with Gasteiger partial charge in [-0.05, 0) is 32.9 Å². The molecule has 0 fully saturated rings. The first-order chi connectivity index (χ1) is 11.4. The van der Waals surface area contributed by atoms with Crippen LogP contribution >= 0.6 is 0 Å². The van der Waals surface area contributed by atoms with E-state index in [1.54, 1.807) is 18.4 Å². The molecule has 130 valence electrons. The first kappa shape index (κ1) is 17.9. The topological polar surface area (TPSA) is 82.5 Å². The van der Waals surface area contributed by atoms with Crippen molar-refractivity contribution in [1.82, 2.24) is 14.9 Å². The molecule has 7 heteroatoms. The van der Waals surface area contributed by atoms with Crippen LogP contribution in [0.15, 0.2) is 24.3 Å². The summed E-state index contributed by atoms with van der Waals surface area (Å²) in [6.07, 6.45) is -0.186. The second kappa shape index (κ2) is 7.92. The lowest BCUT2D eigenvalue weighted by Crippen LogP contribution is -2.32. The van der Waals surface area contributed by atoms with Crippen LogP contribution < -0.4 is 5.32 Å². The van der Waals surface area contributed by atoms with Crippen molar-refractivity contribution in [3.8, 4) is 0 Å². The minimum absolute atomic E-state index is 0.0278. The molecule has 2 rings (SSSR count). The van der Waals surface area contributed by atoms with Crippen LogP contribution in [0.25, 0.3) is 11.0 Å². The normalized spacial score (nSPS) is 12.4. The number of amides is 1. The zero-order chi connectivity index (χ0) is 17.7. The fraction of sp³-hybridized carbons (Fsp3) is 0.471. The summed E-state index contributed by atoms with van der Waals surface area (Å²) in [7, 11) is 1.46. The number of nitrogens with zero attached hydrogens (tertiary/aromatic N) is 2. The van der Waals surface area contributed by atoms with Gasteiger partial charge in [-0.2, -0.15) is 0 Å². The van der Waals surface area contributed by atoms with Crippen LogP contribution in [0.4, 0.5) is 0 Å². The van der Waals surface area contributed by atoms with E-state index in [2.05, 4.69) is 10.3 Å². The summed E-state index contributed by atoms with van der Waals surface area (Å²) >= 11 is 0. The number of esters is 1. The van der Waals surface area contributed by atoms with Crippen LogP contribution in [0, 0.1) is 0 Å². The summed E-state index contributed by atoms with van der Waals surface area (Å²) in [4.78, 5) is 28.4. The molecule has 0 saturated carbocycles. The largest absolute Gasteiger partial charge is 0.462 e. The lowest BCUT2D eigenvalue weighted by molar-refractivity contribution is -0.148. The molecule has 0 aliphatic heterocycles. The number of hydrogen-bond donors (Lipinski definition) is 1. The third-order valence-electron chi connectivity index (χ3n) is 3.38. The second-order valence-electron chi connectivity index (χ2n) is 5.81. The zero-order valence-electron chi connectivity index (χ0n) is 14.4. The summed E-state index contributed by atoms with van der Waals surface area (Å²) < 4.78 is 11.8. The number of rotatable bonds is 7. The molecule has 24 heavy (non-hydrogen) atoms. The van der Waals surface area contributed by atoms with Crippen molar-refractivity contribution in [1.29, 1.82) is 0 Å². The molecule has 0 aliphatic rings. The first-order valence-electron chi connectivity index (χ1n) is 7.85. The summed E-state index contributed by atoms with van der Waals surface area (Å²) in [5, 5.41) is 2.81. The maximum absolute atomic E-state index is 12.1. The predicted molar refractivity (Wildman–Crippen MR) is 89.4 cm³/mol. The van der Waals surface area contributed by atoms with Crippen molar-refractivity contribution >= 4 is 22.9 Å². The van der Waals surface area contributed by atoms with Crippen molar-refractivity contribution in [3.63, 3.8) is 0 Å². The van der Waals surface area contributed by atoms with E-state index in [4.69, 9.17) is 9.47 Å². The highest BCUT2D eigenvalue weighted by Crippen LogP contribution is 2.21. The van der Waals surface area contributed by atoms with Crippen LogP contribution in [0.5, 0.6) is 0 Å². The highest BCUT2D eigenvalue weighted by atomic mass is 16.5. The standard InChI is InChI=1S/C17H23N3O4/c1-11(2)24-16(22)9-20-14-8-6-5-7-13(14)19-17(20)12(3)18-15(21)10-23-4/h5-8,11-12H,9-10H2,1-4H3,(H,18,21). The van der Waals surface area contributed by atoms with E-state index in [-0.39, 0.29) is 37.2 Å². The van der Waals surface area contributed by atoms with Gasteiger partial charge in [0.15, 0.2) is 0 Å². The Hall–Kier alpha value is -2.41. The van der Waals surface area contributed by atoms with Gasteiger partial charge in [0, 0.05) is 7.11 Å². The number of carbonyl (C=O) groups is 2. The number of methoxy groups -OCH3 is 1. The number of ether oxygens (including phenoxy) is 2. The molecule has 1 N–H and O–H groups in total. The van der Waals surface area contributed by atoms with Crippen molar-refractivity contribution < 1.29 is 19.1 Å². The smallest absolute Gasteiger partial charge is 0.326 e. The molecule has 0 saturated heterocycles. The molecule has 1 atom stereocenters. The third-order valence-corrected chi connectivity index (χ3v) is 3.38. The summed E-state index contributed by atoms with van der Waals surface area (Å²) in [5.74, 6) is 0.0135. The third kappa shape index (κ3) is 4.32. The predicted octanol–water partition coefficient (Wildman–Crippen LogP) is 1.81. The Morgan fingerprint density at radius 3 is 2.62 bits per heavy atom. The molecule has 0 aliphatic carbocycles. The van der Waals surface area contributed by atoms with Gasteiger partial charge < -0.3 is 19.4 Å². The van der Waals surface area contributed by atoms with E-state index in [0.29, 0.717) is 5.82 Å². The number of para-hydroxylation sites is 2. The van der Waals surface area contributed by atoms with E-state index >= 15 is 0 Å². The lowest BCUT2D eigenvalue weighted by Gasteiger charge is -2.16. The molecular formula is C17H23N3O4.